The molecule has 1 aliphatic carbocycles. The fourth-order valence-corrected chi connectivity index (χ4v) is 5.25. The summed E-state index contributed by atoms with van der Waals surface area (Å²) >= 11 is 0. The summed E-state index contributed by atoms with van der Waals surface area (Å²) < 4.78 is 6.09. The number of nitrogens with one attached hydrogen (secondary N) is 1. The predicted octanol–water partition coefficient (Wildman–Crippen LogP) is 5.92. The van der Waals surface area contributed by atoms with Crippen molar-refractivity contribution in [2.45, 2.75) is 50.7 Å². The van der Waals surface area contributed by atoms with Crippen LogP contribution in [0.1, 0.15) is 36.8 Å². The van der Waals surface area contributed by atoms with Crippen LogP contribution < -0.4 is 10.1 Å². The third kappa shape index (κ3) is 6.41. The number of ether oxygens (including phenoxy) is 1. The number of carbonyl (C=O) groups is 2. The topological polar surface area (TPSA) is 58.6 Å². The van der Waals surface area contributed by atoms with Gasteiger partial charge in [0.05, 0.1) is 0 Å². The molecule has 194 valence electrons. The van der Waals surface area contributed by atoms with Crippen molar-refractivity contribution in [2.24, 2.45) is 0 Å². The summed E-state index contributed by atoms with van der Waals surface area (Å²) in [5.41, 5.74) is 1.98. The van der Waals surface area contributed by atoms with Crippen LogP contribution in [0.5, 0.6) is 5.75 Å². The Hall–Kier alpha value is -4.12. The molecule has 0 bridgehead atoms. The molecular formula is C33H34N2O3. The maximum absolute atomic E-state index is 13.9. The quantitative estimate of drug-likeness (QED) is 0.291. The van der Waals surface area contributed by atoms with E-state index in [-0.39, 0.29) is 24.5 Å². The van der Waals surface area contributed by atoms with Crippen LogP contribution in [0.25, 0.3) is 10.8 Å². The largest absolute Gasteiger partial charge is 0.483 e. The second-order valence-corrected chi connectivity index (χ2v) is 9.97. The standard InChI is InChI=1S/C33H34N2O3/c36-32(24-38-31-21-11-17-27-16-7-10-20-29(27)31)35(23-26-14-5-2-6-15-26)30(22-25-12-3-1-4-13-25)33(37)34-28-18-8-9-19-28/h1-7,10-17,20-21,28,30H,8-9,18-19,22-24H2,(H,34,37)/t30-/m1/s1. The van der Waals surface area contributed by atoms with E-state index < -0.39 is 6.04 Å². The zero-order chi connectivity index (χ0) is 26.2. The van der Waals surface area contributed by atoms with Crippen LogP contribution in [0.3, 0.4) is 0 Å². The number of rotatable bonds is 10. The molecule has 1 N–H and O–H groups in total. The lowest BCUT2D eigenvalue weighted by Crippen LogP contribution is -2.53. The summed E-state index contributed by atoms with van der Waals surface area (Å²) in [6.07, 6.45) is 4.66. The minimum absolute atomic E-state index is 0.102. The molecule has 0 aromatic heterocycles. The number of carbonyl (C=O) groups excluding carboxylic acids is 2. The first kappa shape index (κ1) is 25.5. The van der Waals surface area contributed by atoms with Crippen LogP contribution in [0, 0.1) is 0 Å². The molecule has 0 saturated heterocycles. The van der Waals surface area contributed by atoms with E-state index in [1.807, 2.05) is 103 Å². The van der Waals surface area contributed by atoms with E-state index in [9.17, 15) is 9.59 Å². The van der Waals surface area contributed by atoms with E-state index in [0.717, 1.165) is 47.6 Å². The summed E-state index contributed by atoms with van der Waals surface area (Å²) in [4.78, 5) is 29.3. The van der Waals surface area contributed by atoms with Crippen molar-refractivity contribution < 1.29 is 14.3 Å². The highest BCUT2D eigenvalue weighted by Crippen LogP contribution is 2.26. The second kappa shape index (κ2) is 12.4. The first-order valence-electron chi connectivity index (χ1n) is 13.5. The molecule has 5 rings (SSSR count). The predicted molar refractivity (Wildman–Crippen MR) is 151 cm³/mol. The summed E-state index contributed by atoms with van der Waals surface area (Å²) in [7, 11) is 0. The number of hydrogen-bond acceptors (Lipinski definition) is 3. The van der Waals surface area contributed by atoms with E-state index in [0.29, 0.717) is 18.7 Å². The minimum Gasteiger partial charge on any atom is -0.483 e. The lowest BCUT2D eigenvalue weighted by atomic mass is 10.0. The third-order valence-corrected chi connectivity index (χ3v) is 7.27. The molecule has 1 fully saturated rings. The molecule has 38 heavy (non-hydrogen) atoms. The molecule has 0 radical (unpaired) electrons. The average Bonchev–Trinajstić information content (AvgIpc) is 3.47. The monoisotopic (exact) mass is 506 g/mol. The van der Waals surface area contributed by atoms with Crippen LogP contribution in [-0.4, -0.2) is 35.4 Å². The number of nitrogens with zero attached hydrogens (tertiary/aromatic N) is 1. The van der Waals surface area contributed by atoms with Gasteiger partial charge in [0.15, 0.2) is 6.61 Å². The van der Waals surface area contributed by atoms with Gasteiger partial charge in [-0.2, -0.15) is 0 Å². The number of amides is 2. The van der Waals surface area contributed by atoms with E-state index >= 15 is 0 Å². The molecule has 1 aliphatic rings. The highest BCUT2D eigenvalue weighted by atomic mass is 16.5. The Morgan fingerprint density at radius 3 is 2.16 bits per heavy atom. The molecule has 5 heteroatoms. The number of fused-ring (bicyclic) bond motifs is 1. The molecular weight excluding hydrogens is 472 g/mol. The zero-order valence-electron chi connectivity index (χ0n) is 21.6. The lowest BCUT2D eigenvalue weighted by molar-refractivity contribution is -0.143. The Labute approximate surface area is 224 Å². The van der Waals surface area contributed by atoms with E-state index in [4.69, 9.17) is 4.74 Å². The van der Waals surface area contributed by atoms with Crippen LogP contribution in [-0.2, 0) is 22.6 Å². The molecule has 0 aliphatic heterocycles. The van der Waals surface area contributed by atoms with Gasteiger partial charge < -0.3 is 15.0 Å². The normalized spacial score (nSPS) is 14.2. The maximum Gasteiger partial charge on any atom is 0.261 e. The van der Waals surface area contributed by atoms with Crippen molar-refractivity contribution >= 4 is 22.6 Å². The smallest absolute Gasteiger partial charge is 0.261 e. The third-order valence-electron chi connectivity index (χ3n) is 7.27. The fraction of sp³-hybridized carbons (Fsp3) is 0.273. The fourth-order valence-electron chi connectivity index (χ4n) is 5.25. The van der Waals surface area contributed by atoms with Gasteiger partial charge in [0.25, 0.3) is 5.91 Å². The first-order chi connectivity index (χ1) is 18.7. The van der Waals surface area contributed by atoms with Crippen molar-refractivity contribution in [3.05, 3.63) is 114 Å². The van der Waals surface area contributed by atoms with Crippen molar-refractivity contribution in [1.29, 1.82) is 0 Å². The molecule has 1 saturated carbocycles. The Morgan fingerprint density at radius 2 is 1.42 bits per heavy atom. The van der Waals surface area contributed by atoms with Crippen LogP contribution in [0.4, 0.5) is 0 Å². The van der Waals surface area contributed by atoms with Crippen molar-refractivity contribution in [3.63, 3.8) is 0 Å². The SMILES string of the molecule is O=C(NC1CCCC1)[C@@H](Cc1ccccc1)N(Cc1ccccc1)C(=O)COc1cccc2ccccc12. The zero-order valence-corrected chi connectivity index (χ0v) is 21.6. The lowest BCUT2D eigenvalue weighted by Gasteiger charge is -2.32. The van der Waals surface area contributed by atoms with Crippen LogP contribution in [0.2, 0.25) is 0 Å². The highest BCUT2D eigenvalue weighted by Gasteiger charge is 2.32. The van der Waals surface area contributed by atoms with Gasteiger partial charge >= 0.3 is 0 Å². The molecule has 0 spiro atoms. The van der Waals surface area contributed by atoms with Gasteiger partial charge in [-0.1, -0.05) is 110 Å². The molecule has 5 nitrogen and oxygen atoms in total. The minimum atomic E-state index is -0.651. The molecule has 1 atom stereocenters. The van der Waals surface area contributed by atoms with Crippen LogP contribution >= 0.6 is 0 Å². The Balaban J connectivity index is 1.42. The maximum atomic E-state index is 13.9. The van der Waals surface area contributed by atoms with Gasteiger partial charge in [0.1, 0.15) is 11.8 Å². The molecule has 0 heterocycles. The second-order valence-electron chi connectivity index (χ2n) is 9.97. The van der Waals surface area contributed by atoms with E-state index in [1.54, 1.807) is 4.90 Å². The molecule has 4 aromatic rings. The van der Waals surface area contributed by atoms with Crippen LogP contribution in [0.15, 0.2) is 103 Å². The van der Waals surface area contributed by atoms with Gasteiger partial charge in [-0.3, -0.25) is 9.59 Å². The first-order valence-corrected chi connectivity index (χ1v) is 13.5. The Kier molecular flexibility index (Phi) is 8.34. The van der Waals surface area contributed by atoms with Gasteiger partial charge in [-0.25, -0.2) is 0 Å². The summed E-state index contributed by atoms with van der Waals surface area (Å²) in [5.74, 6) is 0.339. The van der Waals surface area contributed by atoms with Gasteiger partial charge in [0.2, 0.25) is 5.91 Å². The van der Waals surface area contributed by atoms with Crippen molar-refractivity contribution in [3.8, 4) is 5.75 Å². The van der Waals surface area contributed by atoms with Crippen molar-refractivity contribution in [1.82, 2.24) is 10.2 Å². The van der Waals surface area contributed by atoms with E-state index in [1.165, 1.54) is 0 Å². The number of hydrogen-bond donors (Lipinski definition) is 1. The average molecular weight is 507 g/mol. The Morgan fingerprint density at radius 1 is 0.789 bits per heavy atom. The van der Waals surface area contributed by atoms with E-state index in [2.05, 4.69) is 5.32 Å². The van der Waals surface area contributed by atoms with Crippen molar-refractivity contribution in [2.75, 3.05) is 6.61 Å². The van der Waals surface area contributed by atoms with Gasteiger partial charge in [-0.15, -0.1) is 0 Å². The molecule has 4 aromatic carbocycles. The van der Waals surface area contributed by atoms with Gasteiger partial charge in [0, 0.05) is 24.4 Å². The van der Waals surface area contributed by atoms with Gasteiger partial charge in [-0.05, 0) is 35.4 Å². The summed E-state index contributed by atoms with van der Waals surface area (Å²) in [5, 5.41) is 5.25. The summed E-state index contributed by atoms with van der Waals surface area (Å²) in [6.45, 7) is 0.178. The molecule has 0 unspecified atom stereocenters. The Bertz CT molecular complexity index is 1350. The molecule has 2 amide bonds. The summed E-state index contributed by atoms with van der Waals surface area (Å²) in [6, 6.07) is 33.0. The number of benzene rings is 4. The highest BCUT2D eigenvalue weighted by molar-refractivity contribution is 5.90.